The maximum absolute atomic E-state index is 9.12. The van der Waals surface area contributed by atoms with Crippen LogP contribution in [-0.4, -0.2) is 6.61 Å². The van der Waals surface area contributed by atoms with E-state index in [0.29, 0.717) is 17.9 Å². The first-order valence-corrected chi connectivity index (χ1v) is 7.04. The van der Waals surface area contributed by atoms with Gasteiger partial charge >= 0.3 is 0 Å². The Labute approximate surface area is 131 Å². The molecule has 0 amide bonds. The van der Waals surface area contributed by atoms with Crippen LogP contribution in [-0.2, 0) is 6.54 Å². The maximum Gasteiger partial charge on any atom is 0.174 e. The number of anilines is 1. The van der Waals surface area contributed by atoms with Crippen molar-refractivity contribution in [3.63, 3.8) is 0 Å². The van der Waals surface area contributed by atoms with E-state index in [2.05, 4.69) is 27.3 Å². The molecule has 0 heterocycles. The highest BCUT2D eigenvalue weighted by molar-refractivity contribution is 9.10. The van der Waals surface area contributed by atoms with Gasteiger partial charge in [-0.05, 0) is 35.9 Å². The van der Waals surface area contributed by atoms with Crippen molar-refractivity contribution in [3.8, 4) is 17.9 Å². The van der Waals surface area contributed by atoms with Crippen molar-refractivity contribution in [2.24, 2.45) is 0 Å². The SMILES string of the molecule is N#CCOc1cccc(CNc2ccc(Br)cc2C#N)c1. The lowest BCUT2D eigenvalue weighted by Crippen LogP contribution is -2.02. The fourth-order valence-corrected chi connectivity index (χ4v) is 2.18. The second-order valence-electron chi connectivity index (χ2n) is 4.25. The molecule has 2 rings (SSSR count). The third kappa shape index (κ3) is 4.24. The summed E-state index contributed by atoms with van der Waals surface area (Å²) in [5.74, 6) is 0.659. The minimum absolute atomic E-state index is 0.0299. The van der Waals surface area contributed by atoms with Gasteiger partial charge in [-0.3, -0.25) is 0 Å². The quantitative estimate of drug-likeness (QED) is 0.896. The highest BCUT2D eigenvalue weighted by Crippen LogP contribution is 2.21. The summed E-state index contributed by atoms with van der Waals surface area (Å²) in [6, 6.07) is 17.1. The molecule has 104 valence electrons. The van der Waals surface area contributed by atoms with Crippen LogP contribution in [0.15, 0.2) is 46.9 Å². The van der Waals surface area contributed by atoms with Crippen LogP contribution in [0, 0.1) is 22.7 Å². The Morgan fingerprint density at radius 2 is 2.00 bits per heavy atom. The second-order valence-corrected chi connectivity index (χ2v) is 5.17. The van der Waals surface area contributed by atoms with Gasteiger partial charge in [0.15, 0.2) is 6.61 Å². The van der Waals surface area contributed by atoms with Crippen LogP contribution in [0.25, 0.3) is 0 Å². The lowest BCUT2D eigenvalue weighted by Gasteiger charge is -2.10. The molecule has 0 saturated heterocycles. The Hall–Kier alpha value is -2.50. The van der Waals surface area contributed by atoms with E-state index in [0.717, 1.165) is 15.7 Å². The fraction of sp³-hybridized carbons (Fsp3) is 0.125. The average molecular weight is 342 g/mol. The first kappa shape index (κ1) is 14.9. The Bertz CT molecular complexity index is 716. The van der Waals surface area contributed by atoms with E-state index in [1.54, 1.807) is 12.1 Å². The standard InChI is InChI=1S/C16H12BrN3O/c17-14-4-5-16(13(9-14)10-19)20-11-12-2-1-3-15(8-12)21-7-6-18/h1-5,8-9,20H,7,11H2. The molecule has 0 radical (unpaired) electrons. The van der Waals surface area contributed by atoms with Gasteiger partial charge in [-0.15, -0.1) is 0 Å². The summed E-state index contributed by atoms with van der Waals surface area (Å²) < 4.78 is 6.13. The molecule has 0 fully saturated rings. The summed E-state index contributed by atoms with van der Waals surface area (Å²) in [6.07, 6.45) is 0. The third-order valence-electron chi connectivity index (χ3n) is 2.79. The number of rotatable bonds is 5. The number of hydrogen-bond acceptors (Lipinski definition) is 4. The van der Waals surface area contributed by atoms with E-state index in [9.17, 15) is 0 Å². The molecule has 2 aromatic carbocycles. The Balaban J connectivity index is 2.07. The molecule has 0 unspecified atom stereocenters. The van der Waals surface area contributed by atoms with Crippen molar-refractivity contribution in [2.45, 2.75) is 6.54 Å². The molecule has 1 N–H and O–H groups in total. The van der Waals surface area contributed by atoms with Gasteiger partial charge in [-0.1, -0.05) is 28.1 Å². The third-order valence-corrected chi connectivity index (χ3v) is 3.28. The summed E-state index contributed by atoms with van der Waals surface area (Å²) in [6.45, 7) is 0.599. The largest absolute Gasteiger partial charge is 0.479 e. The number of hydrogen-bond donors (Lipinski definition) is 1. The highest BCUT2D eigenvalue weighted by Gasteiger charge is 2.03. The van der Waals surface area contributed by atoms with Gasteiger partial charge in [0.1, 0.15) is 17.9 Å². The Morgan fingerprint density at radius 3 is 2.76 bits per heavy atom. The van der Waals surface area contributed by atoms with Crippen LogP contribution in [0.1, 0.15) is 11.1 Å². The van der Waals surface area contributed by atoms with Gasteiger partial charge in [0.25, 0.3) is 0 Å². The van der Waals surface area contributed by atoms with Crippen molar-refractivity contribution < 1.29 is 4.74 Å². The average Bonchev–Trinajstić information content (AvgIpc) is 2.52. The first-order valence-electron chi connectivity index (χ1n) is 6.25. The maximum atomic E-state index is 9.12. The zero-order valence-electron chi connectivity index (χ0n) is 11.1. The molecule has 0 aliphatic heterocycles. The fourth-order valence-electron chi connectivity index (χ4n) is 1.82. The minimum Gasteiger partial charge on any atom is -0.479 e. The molecule has 0 spiro atoms. The van der Waals surface area contributed by atoms with Crippen LogP contribution in [0.5, 0.6) is 5.75 Å². The van der Waals surface area contributed by atoms with E-state index in [1.807, 2.05) is 36.4 Å². The molecule has 0 saturated carbocycles. The lowest BCUT2D eigenvalue weighted by atomic mass is 10.1. The summed E-state index contributed by atoms with van der Waals surface area (Å²) in [5, 5.41) is 20.9. The van der Waals surface area contributed by atoms with Crippen LogP contribution in [0.2, 0.25) is 0 Å². The number of nitriles is 2. The molecule has 21 heavy (non-hydrogen) atoms. The molecule has 0 aliphatic carbocycles. The van der Waals surface area contributed by atoms with Crippen molar-refractivity contribution in [2.75, 3.05) is 11.9 Å². The molecular weight excluding hydrogens is 330 g/mol. The van der Waals surface area contributed by atoms with E-state index in [-0.39, 0.29) is 6.61 Å². The molecule has 0 aromatic heterocycles. The van der Waals surface area contributed by atoms with E-state index in [1.165, 1.54) is 0 Å². The van der Waals surface area contributed by atoms with Crippen molar-refractivity contribution in [1.82, 2.24) is 0 Å². The molecule has 0 bridgehead atoms. The van der Waals surface area contributed by atoms with Gasteiger partial charge in [-0.25, -0.2) is 0 Å². The monoisotopic (exact) mass is 341 g/mol. The molecule has 5 heteroatoms. The number of nitrogens with zero attached hydrogens (tertiary/aromatic N) is 2. The van der Waals surface area contributed by atoms with Crippen molar-refractivity contribution >= 4 is 21.6 Å². The number of nitrogens with one attached hydrogen (secondary N) is 1. The van der Waals surface area contributed by atoms with Gasteiger partial charge < -0.3 is 10.1 Å². The van der Waals surface area contributed by atoms with Gasteiger partial charge in [0.2, 0.25) is 0 Å². The van der Waals surface area contributed by atoms with Gasteiger partial charge in [-0.2, -0.15) is 10.5 Å². The number of ether oxygens (including phenoxy) is 1. The molecule has 0 aliphatic rings. The number of benzene rings is 2. The Morgan fingerprint density at radius 1 is 1.14 bits per heavy atom. The van der Waals surface area contributed by atoms with Crippen LogP contribution < -0.4 is 10.1 Å². The smallest absolute Gasteiger partial charge is 0.174 e. The van der Waals surface area contributed by atoms with E-state index < -0.39 is 0 Å². The van der Waals surface area contributed by atoms with Crippen LogP contribution in [0.4, 0.5) is 5.69 Å². The van der Waals surface area contributed by atoms with E-state index >= 15 is 0 Å². The van der Waals surface area contributed by atoms with Crippen molar-refractivity contribution in [1.29, 1.82) is 10.5 Å². The molecule has 0 atom stereocenters. The highest BCUT2D eigenvalue weighted by atomic mass is 79.9. The zero-order chi connectivity index (χ0) is 15.1. The molecule has 4 nitrogen and oxygen atoms in total. The summed E-state index contributed by atoms with van der Waals surface area (Å²) >= 11 is 3.34. The Kier molecular flexibility index (Phi) is 5.20. The summed E-state index contributed by atoms with van der Waals surface area (Å²) in [4.78, 5) is 0. The molecular formula is C16H12BrN3O. The van der Waals surface area contributed by atoms with Gasteiger partial charge in [0.05, 0.1) is 11.3 Å². The summed E-state index contributed by atoms with van der Waals surface area (Å²) in [7, 11) is 0. The normalized spacial score (nSPS) is 9.48. The summed E-state index contributed by atoms with van der Waals surface area (Å²) in [5.41, 5.74) is 2.38. The van der Waals surface area contributed by atoms with Crippen LogP contribution in [0.3, 0.4) is 0 Å². The predicted molar refractivity (Wildman–Crippen MR) is 83.7 cm³/mol. The van der Waals surface area contributed by atoms with Crippen molar-refractivity contribution in [3.05, 3.63) is 58.1 Å². The van der Waals surface area contributed by atoms with Gasteiger partial charge in [0, 0.05) is 11.0 Å². The minimum atomic E-state index is 0.0299. The topological polar surface area (TPSA) is 68.8 Å². The molecule has 2 aromatic rings. The zero-order valence-corrected chi connectivity index (χ0v) is 12.7. The van der Waals surface area contributed by atoms with E-state index in [4.69, 9.17) is 15.3 Å². The predicted octanol–water partition coefficient (Wildman–Crippen LogP) is 3.84. The number of halogens is 1. The lowest BCUT2D eigenvalue weighted by molar-refractivity contribution is 0.368. The van der Waals surface area contributed by atoms with Crippen LogP contribution >= 0.6 is 15.9 Å². The second kappa shape index (κ2) is 7.33. The first-order chi connectivity index (χ1) is 10.2.